The lowest BCUT2D eigenvalue weighted by molar-refractivity contribution is 0.242. The highest BCUT2D eigenvalue weighted by Crippen LogP contribution is 2.23. The van der Waals surface area contributed by atoms with Crippen molar-refractivity contribution in [2.75, 3.05) is 13.1 Å². The fourth-order valence-electron chi connectivity index (χ4n) is 1.92. The molecule has 0 saturated carbocycles. The van der Waals surface area contributed by atoms with E-state index in [9.17, 15) is 0 Å². The summed E-state index contributed by atoms with van der Waals surface area (Å²) in [5.74, 6) is 0.803. The number of nitrogens with zero attached hydrogens (tertiary/aromatic N) is 1. The molecule has 0 fully saturated rings. The molecular formula is C14H21BrClN3. The van der Waals surface area contributed by atoms with Crippen molar-refractivity contribution in [2.24, 2.45) is 11.7 Å². The maximum atomic E-state index is 7.34. The highest BCUT2D eigenvalue weighted by atomic mass is 79.9. The molecule has 0 spiro atoms. The Labute approximate surface area is 128 Å². The van der Waals surface area contributed by atoms with Gasteiger partial charge in [0.2, 0.25) is 0 Å². The lowest BCUT2D eigenvalue weighted by Gasteiger charge is -2.24. The predicted molar refractivity (Wildman–Crippen MR) is 85.8 cm³/mol. The summed E-state index contributed by atoms with van der Waals surface area (Å²) in [5.41, 5.74) is 6.54. The lowest BCUT2D eigenvalue weighted by Crippen LogP contribution is -2.31. The number of amidine groups is 1. The minimum atomic E-state index is 0.232. The number of nitrogens with two attached hydrogens (primary N) is 1. The van der Waals surface area contributed by atoms with E-state index in [2.05, 4.69) is 34.7 Å². The molecule has 1 rings (SSSR count). The molecule has 0 bridgehead atoms. The quantitative estimate of drug-likeness (QED) is 0.581. The first kappa shape index (κ1) is 16.5. The van der Waals surface area contributed by atoms with E-state index < -0.39 is 0 Å². The molecule has 3 N–H and O–H groups in total. The van der Waals surface area contributed by atoms with E-state index in [0.717, 1.165) is 34.7 Å². The first-order valence-corrected chi connectivity index (χ1v) is 7.54. The molecule has 0 aromatic heterocycles. The van der Waals surface area contributed by atoms with Crippen LogP contribution in [0.15, 0.2) is 22.7 Å². The summed E-state index contributed by atoms with van der Waals surface area (Å²) in [6.07, 6.45) is 0.598. The van der Waals surface area contributed by atoms with Gasteiger partial charge in [-0.3, -0.25) is 10.3 Å². The molecule has 0 aliphatic carbocycles. The Kier molecular flexibility index (Phi) is 6.83. The Morgan fingerprint density at radius 1 is 1.47 bits per heavy atom. The monoisotopic (exact) mass is 345 g/mol. The van der Waals surface area contributed by atoms with E-state index in [0.29, 0.717) is 12.3 Å². The summed E-state index contributed by atoms with van der Waals surface area (Å²) >= 11 is 9.66. The Bertz CT molecular complexity index is 435. The molecular weight excluding hydrogens is 326 g/mol. The zero-order valence-electron chi connectivity index (χ0n) is 11.4. The van der Waals surface area contributed by atoms with E-state index in [4.69, 9.17) is 22.7 Å². The summed E-state index contributed by atoms with van der Waals surface area (Å²) in [5, 5.41) is 8.11. The molecule has 0 saturated heterocycles. The van der Waals surface area contributed by atoms with Crippen LogP contribution in [0.25, 0.3) is 0 Å². The van der Waals surface area contributed by atoms with E-state index in [1.165, 1.54) is 0 Å². The minimum Gasteiger partial charge on any atom is -0.388 e. The van der Waals surface area contributed by atoms with Gasteiger partial charge in [0, 0.05) is 35.6 Å². The molecule has 0 radical (unpaired) electrons. The van der Waals surface area contributed by atoms with Crippen molar-refractivity contribution >= 4 is 33.4 Å². The summed E-state index contributed by atoms with van der Waals surface area (Å²) in [6, 6.07) is 5.95. The van der Waals surface area contributed by atoms with E-state index in [1.54, 1.807) is 0 Å². The number of hydrogen-bond donors (Lipinski definition) is 2. The van der Waals surface area contributed by atoms with Crippen LogP contribution in [0, 0.1) is 11.3 Å². The smallest absolute Gasteiger partial charge is 0.0918 e. The summed E-state index contributed by atoms with van der Waals surface area (Å²) in [7, 11) is 0. The van der Waals surface area contributed by atoms with Gasteiger partial charge in [-0.2, -0.15) is 0 Å². The van der Waals surface area contributed by atoms with Gasteiger partial charge in [-0.25, -0.2) is 0 Å². The predicted octanol–water partition coefficient (Wildman–Crippen LogP) is 3.89. The van der Waals surface area contributed by atoms with Crippen LogP contribution < -0.4 is 5.73 Å². The summed E-state index contributed by atoms with van der Waals surface area (Å²) in [4.78, 5) is 2.29. The lowest BCUT2D eigenvalue weighted by atomic mass is 10.1. The number of benzene rings is 1. The van der Waals surface area contributed by atoms with Crippen LogP contribution in [0.5, 0.6) is 0 Å². The standard InChI is InChI=1S/C14H21BrClN3/c1-10(2)8-19(6-5-14(17)18)9-11-3-4-12(15)7-13(11)16/h3-4,7,10H,5-6,8-9H2,1-2H3,(H3,17,18). The first-order valence-electron chi connectivity index (χ1n) is 6.37. The molecule has 106 valence electrons. The fraction of sp³-hybridized carbons (Fsp3) is 0.500. The van der Waals surface area contributed by atoms with Crippen molar-refractivity contribution < 1.29 is 0 Å². The first-order chi connectivity index (χ1) is 8.88. The molecule has 0 aliphatic heterocycles. The van der Waals surface area contributed by atoms with Gasteiger partial charge in [0.15, 0.2) is 0 Å². The van der Waals surface area contributed by atoms with Crippen LogP contribution in [-0.4, -0.2) is 23.8 Å². The average Bonchev–Trinajstić information content (AvgIpc) is 2.28. The molecule has 0 aliphatic rings. The highest BCUT2D eigenvalue weighted by molar-refractivity contribution is 9.10. The van der Waals surface area contributed by atoms with Crippen molar-refractivity contribution in [3.05, 3.63) is 33.3 Å². The minimum absolute atomic E-state index is 0.232. The molecule has 19 heavy (non-hydrogen) atoms. The van der Waals surface area contributed by atoms with Crippen molar-refractivity contribution in [1.29, 1.82) is 5.41 Å². The SMILES string of the molecule is CC(C)CN(CCC(=N)N)Cc1ccc(Br)cc1Cl. The molecule has 0 heterocycles. The van der Waals surface area contributed by atoms with Gasteiger partial charge in [-0.15, -0.1) is 0 Å². The maximum Gasteiger partial charge on any atom is 0.0918 e. The third-order valence-electron chi connectivity index (χ3n) is 2.73. The molecule has 0 unspecified atom stereocenters. The van der Waals surface area contributed by atoms with Crippen LogP contribution in [0.4, 0.5) is 0 Å². The van der Waals surface area contributed by atoms with E-state index in [-0.39, 0.29) is 5.84 Å². The zero-order chi connectivity index (χ0) is 14.4. The number of nitrogens with one attached hydrogen (secondary N) is 1. The van der Waals surface area contributed by atoms with Crippen molar-refractivity contribution in [1.82, 2.24) is 4.90 Å². The summed E-state index contributed by atoms with van der Waals surface area (Å²) in [6.45, 7) is 6.92. The van der Waals surface area contributed by atoms with Gasteiger partial charge in [0.25, 0.3) is 0 Å². The van der Waals surface area contributed by atoms with Gasteiger partial charge >= 0.3 is 0 Å². The number of rotatable bonds is 7. The third-order valence-corrected chi connectivity index (χ3v) is 3.57. The van der Waals surface area contributed by atoms with Crippen LogP contribution in [0.2, 0.25) is 5.02 Å². The fourth-order valence-corrected chi connectivity index (χ4v) is 2.65. The molecule has 0 amide bonds. The Morgan fingerprint density at radius 2 is 2.16 bits per heavy atom. The second-order valence-corrected chi connectivity index (χ2v) is 6.46. The van der Waals surface area contributed by atoms with E-state index in [1.807, 2.05) is 18.2 Å². The molecule has 3 nitrogen and oxygen atoms in total. The normalized spacial score (nSPS) is 11.3. The Hall–Kier alpha value is -0.580. The maximum absolute atomic E-state index is 7.34. The van der Waals surface area contributed by atoms with Crippen LogP contribution in [-0.2, 0) is 6.54 Å². The van der Waals surface area contributed by atoms with Crippen LogP contribution >= 0.6 is 27.5 Å². The molecule has 1 aromatic carbocycles. The van der Waals surface area contributed by atoms with E-state index >= 15 is 0 Å². The topological polar surface area (TPSA) is 53.1 Å². The summed E-state index contributed by atoms with van der Waals surface area (Å²) < 4.78 is 0.986. The highest BCUT2D eigenvalue weighted by Gasteiger charge is 2.11. The molecule has 0 atom stereocenters. The number of hydrogen-bond acceptors (Lipinski definition) is 2. The second kappa shape index (κ2) is 7.88. The largest absolute Gasteiger partial charge is 0.388 e. The van der Waals surface area contributed by atoms with Crippen LogP contribution in [0.3, 0.4) is 0 Å². The van der Waals surface area contributed by atoms with Crippen molar-refractivity contribution in [3.8, 4) is 0 Å². The van der Waals surface area contributed by atoms with Gasteiger partial charge in [-0.05, 0) is 23.6 Å². The van der Waals surface area contributed by atoms with Crippen LogP contribution in [0.1, 0.15) is 25.8 Å². The molecule has 1 aromatic rings. The zero-order valence-corrected chi connectivity index (χ0v) is 13.8. The van der Waals surface area contributed by atoms with Gasteiger partial charge in [0.1, 0.15) is 0 Å². The van der Waals surface area contributed by atoms with Crippen molar-refractivity contribution in [3.63, 3.8) is 0 Å². The van der Waals surface area contributed by atoms with Gasteiger partial charge < -0.3 is 5.73 Å². The average molecular weight is 347 g/mol. The molecule has 5 heteroatoms. The van der Waals surface area contributed by atoms with Crippen molar-refractivity contribution in [2.45, 2.75) is 26.8 Å². The van der Waals surface area contributed by atoms with Gasteiger partial charge in [-0.1, -0.05) is 47.4 Å². The number of halogens is 2. The van der Waals surface area contributed by atoms with Gasteiger partial charge in [0.05, 0.1) is 5.84 Å². The second-order valence-electron chi connectivity index (χ2n) is 5.14. The Balaban J connectivity index is 2.72. The third kappa shape index (κ3) is 6.41. The Morgan fingerprint density at radius 3 is 2.68 bits per heavy atom.